The van der Waals surface area contributed by atoms with Crippen molar-refractivity contribution in [2.75, 3.05) is 0 Å². The Morgan fingerprint density at radius 2 is 0.855 bits per heavy atom. The molecule has 0 spiro atoms. The van der Waals surface area contributed by atoms with Crippen molar-refractivity contribution in [1.82, 2.24) is 15.0 Å². The average Bonchev–Trinajstić information content (AvgIpc) is 3.65. The number of pyridine rings is 1. The van der Waals surface area contributed by atoms with Crippen molar-refractivity contribution in [2.24, 2.45) is 0 Å². The van der Waals surface area contributed by atoms with Crippen LogP contribution in [0.25, 0.3) is 110 Å². The number of hydrogen-bond donors (Lipinski definition) is 0. The normalized spacial score (nSPS) is 11.6. The Morgan fingerprint density at radius 1 is 0.309 bits per heavy atom. The predicted molar refractivity (Wildman–Crippen MR) is 227 cm³/mol. The van der Waals surface area contributed by atoms with Crippen LogP contribution in [0.3, 0.4) is 0 Å². The Balaban J connectivity index is 1.13. The van der Waals surface area contributed by atoms with E-state index in [1.165, 1.54) is 32.3 Å². The summed E-state index contributed by atoms with van der Waals surface area (Å²) >= 11 is 0. The molecule has 256 valence electrons. The summed E-state index contributed by atoms with van der Waals surface area (Å²) in [5, 5.41) is 9.70. The molecular formula is C51H31N3O. The van der Waals surface area contributed by atoms with E-state index in [0.29, 0.717) is 5.82 Å². The molecule has 0 atom stereocenters. The van der Waals surface area contributed by atoms with Crippen molar-refractivity contribution in [2.45, 2.75) is 0 Å². The van der Waals surface area contributed by atoms with Gasteiger partial charge in [-0.15, -0.1) is 0 Å². The van der Waals surface area contributed by atoms with Crippen molar-refractivity contribution in [3.05, 3.63) is 188 Å². The highest BCUT2D eigenvalue weighted by atomic mass is 16.3. The first kappa shape index (κ1) is 31.1. The van der Waals surface area contributed by atoms with Gasteiger partial charge in [-0.2, -0.15) is 0 Å². The molecule has 0 N–H and O–H groups in total. The number of furan rings is 1. The van der Waals surface area contributed by atoms with Crippen LogP contribution in [0.5, 0.6) is 0 Å². The molecule has 0 unspecified atom stereocenters. The molecule has 0 aliphatic rings. The quantitative estimate of drug-likeness (QED) is 0.168. The third-order valence-corrected chi connectivity index (χ3v) is 10.7. The fourth-order valence-electron chi connectivity index (χ4n) is 8.07. The van der Waals surface area contributed by atoms with Gasteiger partial charge in [0.2, 0.25) is 0 Å². The molecule has 0 bridgehead atoms. The van der Waals surface area contributed by atoms with Crippen LogP contribution >= 0.6 is 0 Å². The highest BCUT2D eigenvalue weighted by molar-refractivity contribution is 6.25. The van der Waals surface area contributed by atoms with Crippen molar-refractivity contribution < 1.29 is 4.42 Å². The maximum Gasteiger partial charge on any atom is 0.160 e. The molecule has 0 saturated heterocycles. The van der Waals surface area contributed by atoms with Gasteiger partial charge in [0.1, 0.15) is 11.2 Å². The largest absolute Gasteiger partial charge is 0.456 e. The van der Waals surface area contributed by atoms with Gasteiger partial charge in [-0.25, -0.2) is 9.97 Å². The van der Waals surface area contributed by atoms with E-state index in [4.69, 9.17) is 14.4 Å². The van der Waals surface area contributed by atoms with Crippen molar-refractivity contribution in [3.63, 3.8) is 0 Å². The standard InChI is InChI=1S/C51H31N3O/c1-2-11-32(12-3-1)51-53-47(34-21-23-45-44-18-8-9-19-49(44)55-50(45)29-34)30-48(54-51)38-26-36(25-37(27-38)35-13-10-24-52-31-35)33-20-22-43-41-16-5-4-14-39(41)40-15-6-7-17-42(40)46(43)28-33/h1-31H. The molecule has 4 nitrogen and oxygen atoms in total. The molecule has 11 aromatic rings. The molecule has 3 aromatic heterocycles. The second-order valence-electron chi connectivity index (χ2n) is 14.0. The number of hydrogen-bond acceptors (Lipinski definition) is 4. The van der Waals surface area contributed by atoms with E-state index in [9.17, 15) is 0 Å². The zero-order valence-electron chi connectivity index (χ0n) is 29.6. The second-order valence-corrected chi connectivity index (χ2v) is 14.0. The summed E-state index contributed by atoms with van der Waals surface area (Å²) < 4.78 is 6.31. The summed E-state index contributed by atoms with van der Waals surface area (Å²) in [6.45, 7) is 0. The number of para-hydroxylation sites is 1. The summed E-state index contributed by atoms with van der Waals surface area (Å²) in [5.74, 6) is 0.662. The first-order valence-corrected chi connectivity index (χ1v) is 18.5. The smallest absolute Gasteiger partial charge is 0.160 e. The van der Waals surface area contributed by atoms with Gasteiger partial charge in [0.05, 0.1) is 11.4 Å². The van der Waals surface area contributed by atoms with Gasteiger partial charge < -0.3 is 4.42 Å². The highest BCUT2D eigenvalue weighted by Gasteiger charge is 2.16. The molecule has 0 radical (unpaired) electrons. The lowest BCUT2D eigenvalue weighted by molar-refractivity contribution is 0.669. The molecular weight excluding hydrogens is 671 g/mol. The van der Waals surface area contributed by atoms with E-state index in [0.717, 1.165) is 72.3 Å². The van der Waals surface area contributed by atoms with Crippen LogP contribution in [0.1, 0.15) is 0 Å². The number of fused-ring (bicyclic) bond motifs is 9. The maximum absolute atomic E-state index is 6.31. The summed E-state index contributed by atoms with van der Waals surface area (Å²) in [4.78, 5) is 14.9. The van der Waals surface area contributed by atoms with E-state index in [-0.39, 0.29) is 0 Å². The van der Waals surface area contributed by atoms with Crippen molar-refractivity contribution in [1.29, 1.82) is 0 Å². The van der Waals surface area contributed by atoms with Gasteiger partial charge in [0, 0.05) is 45.4 Å². The minimum Gasteiger partial charge on any atom is -0.456 e. The molecule has 4 heteroatoms. The minimum absolute atomic E-state index is 0.662. The van der Waals surface area contributed by atoms with Crippen molar-refractivity contribution in [3.8, 4) is 56.2 Å². The summed E-state index contributed by atoms with van der Waals surface area (Å²) in [6, 6.07) is 62.0. The van der Waals surface area contributed by atoms with Crippen LogP contribution in [0, 0.1) is 0 Å². The summed E-state index contributed by atoms with van der Waals surface area (Å²) in [6.07, 6.45) is 3.74. The fraction of sp³-hybridized carbons (Fsp3) is 0. The number of aromatic nitrogens is 3. The first-order chi connectivity index (χ1) is 27.2. The number of nitrogens with zero attached hydrogens (tertiary/aromatic N) is 3. The molecule has 8 aromatic carbocycles. The van der Waals surface area contributed by atoms with Crippen LogP contribution in [0.4, 0.5) is 0 Å². The van der Waals surface area contributed by atoms with E-state index in [1.807, 2.05) is 54.9 Å². The Labute approximate surface area is 317 Å². The van der Waals surface area contributed by atoms with E-state index in [1.54, 1.807) is 0 Å². The lowest BCUT2D eigenvalue weighted by atomic mass is 9.90. The van der Waals surface area contributed by atoms with Gasteiger partial charge in [-0.05, 0) is 104 Å². The topological polar surface area (TPSA) is 51.8 Å². The molecule has 11 rings (SSSR count). The van der Waals surface area contributed by atoms with Crippen LogP contribution in [-0.2, 0) is 0 Å². The van der Waals surface area contributed by atoms with E-state index < -0.39 is 0 Å². The van der Waals surface area contributed by atoms with E-state index in [2.05, 4.69) is 138 Å². The average molecular weight is 702 g/mol. The summed E-state index contributed by atoms with van der Waals surface area (Å²) in [7, 11) is 0. The fourth-order valence-corrected chi connectivity index (χ4v) is 8.07. The van der Waals surface area contributed by atoms with Gasteiger partial charge in [-0.1, -0.05) is 121 Å². The van der Waals surface area contributed by atoms with Crippen LogP contribution in [0.15, 0.2) is 193 Å². The summed E-state index contributed by atoms with van der Waals surface area (Å²) in [5.41, 5.74) is 10.6. The Morgan fingerprint density at radius 3 is 1.58 bits per heavy atom. The predicted octanol–water partition coefficient (Wildman–Crippen LogP) is 13.6. The molecule has 0 aliphatic heterocycles. The van der Waals surface area contributed by atoms with Gasteiger partial charge in [-0.3, -0.25) is 4.98 Å². The minimum atomic E-state index is 0.662. The van der Waals surface area contributed by atoms with Crippen molar-refractivity contribution >= 4 is 54.3 Å². The maximum atomic E-state index is 6.31. The lowest BCUT2D eigenvalue weighted by Crippen LogP contribution is -1.96. The third-order valence-electron chi connectivity index (χ3n) is 10.7. The zero-order chi connectivity index (χ0) is 36.3. The number of rotatable bonds is 5. The Bertz CT molecular complexity index is 3220. The van der Waals surface area contributed by atoms with Crippen LogP contribution in [0.2, 0.25) is 0 Å². The SMILES string of the molecule is c1ccc(-c2nc(-c3cc(-c4cccnc4)cc(-c4ccc5c6ccccc6c6ccccc6c5c4)c3)cc(-c3ccc4c(c3)oc3ccccc34)n2)cc1. The van der Waals surface area contributed by atoms with Crippen LogP contribution < -0.4 is 0 Å². The third kappa shape index (κ3) is 5.34. The molecule has 3 heterocycles. The van der Waals surface area contributed by atoms with E-state index >= 15 is 0 Å². The monoisotopic (exact) mass is 701 g/mol. The van der Waals surface area contributed by atoms with Gasteiger partial charge in [0.25, 0.3) is 0 Å². The molecule has 0 saturated carbocycles. The first-order valence-electron chi connectivity index (χ1n) is 18.5. The zero-order valence-corrected chi connectivity index (χ0v) is 29.6. The second kappa shape index (κ2) is 12.6. The van der Waals surface area contributed by atoms with Gasteiger partial charge in [0.15, 0.2) is 5.82 Å². The highest BCUT2D eigenvalue weighted by Crippen LogP contribution is 2.40. The Kier molecular flexibility index (Phi) is 7.14. The molecule has 0 fully saturated rings. The Hall–Kier alpha value is -7.43. The number of benzene rings is 8. The molecule has 0 amide bonds. The van der Waals surface area contributed by atoms with Gasteiger partial charge >= 0.3 is 0 Å². The van der Waals surface area contributed by atoms with Crippen LogP contribution in [-0.4, -0.2) is 15.0 Å². The lowest BCUT2D eigenvalue weighted by Gasteiger charge is -2.15. The molecule has 0 aliphatic carbocycles. The molecule has 55 heavy (non-hydrogen) atoms.